The van der Waals surface area contributed by atoms with Gasteiger partial charge in [0.15, 0.2) is 5.82 Å². The molecular weight excluding hydrogens is 611 g/mol. The number of para-hydroxylation sites is 1. The van der Waals surface area contributed by atoms with Gasteiger partial charge < -0.3 is 4.74 Å². The van der Waals surface area contributed by atoms with Gasteiger partial charge in [-0.25, -0.2) is 9.97 Å². The van der Waals surface area contributed by atoms with E-state index in [2.05, 4.69) is 120 Å². The van der Waals surface area contributed by atoms with E-state index in [0.717, 1.165) is 62.0 Å². The lowest BCUT2D eigenvalue weighted by Gasteiger charge is -2.39. The molecule has 0 amide bonds. The van der Waals surface area contributed by atoms with Gasteiger partial charge in [-0.2, -0.15) is 0 Å². The SMILES string of the molecule is c1ccc(-c2nc(-c3cccc(-c4ccc5c(c4)C4(c6ccccc6O5)c5ccccc5-c5ccccc54)c3)cc(-c3ccccn3)n2)cc1. The van der Waals surface area contributed by atoms with Crippen LogP contribution in [0, 0.1) is 0 Å². The Balaban J connectivity index is 1.15. The van der Waals surface area contributed by atoms with Crippen LogP contribution in [0.3, 0.4) is 0 Å². The van der Waals surface area contributed by atoms with Crippen LogP contribution in [0.4, 0.5) is 0 Å². The van der Waals surface area contributed by atoms with E-state index in [1.165, 1.54) is 22.3 Å². The quantitative estimate of drug-likeness (QED) is 0.192. The zero-order chi connectivity index (χ0) is 33.1. The minimum Gasteiger partial charge on any atom is -0.457 e. The minimum atomic E-state index is -0.514. The normalized spacial score (nSPS) is 13.1. The lowest BCUT2D eigenvalue weighted by molar-refractivity contribution is 0.436. The number of pyridine rings is 1. The van der Waals surface area contributed by atoms with Crippen LogP contribution in [0.25, 0.3) is 56.3 Å². The summed E-state index contributed by atoms with van der Waals surface area (Å²) in [6.07, 6.45) is 1.80. The molecular formula is C46H29N3O. The van der Waals surface area contributed by atoms with E-state index in [4.69, 9.17) is 14.7 Å². The maximum Gasteiger partial charge on any atom is 0.160 e. The van der Waals surface area contributed by atoms with Crippen molar-refractivity contribution in [2.75, 3.05) is 0 Å². The highest BCUT2D eigenvalue weighted by Crippen LogP contribution is 2.62. The molecule has 4 nitrogen and oxygen atoms in total. The number of benzene rings is 6. The van der Waals surface area contributed by atoms with Gasteiger partial charge in [0.1, 0.15) is 11.5 Å². The second-order valence-corrected chi connectivity index (χ2v) is 12.8. The summed E-state index contributed by atoms with van der Waals surface area (Å²) in [6.45, 7) is 0. The van der Waals surface area contributed by atoms with Crippen molar-refractivity contribution < 1.29 is 4.74 Å². The van der Waals surface area contributed by atoms with Crippen LogP contribution < -0.4 is 4.74 Å². The molecule has 0 saturated carbocycles. The Morgan fingerprint density at radius 1 is 0.380 bits per heavy atom. The molecule has 0 unspecified atom stereocenters. The summed E-state index contributed by atoms with van der Waals surface area (Å²) in [7, 11) is 0. The summed E-state index contributed by atoms with van der Waals surface area (Å²) >= 11 is 0. The van der Waals surface area contributed by atoms with E-state index in [1.807, 2.05) is 54.6 Å². The van der Waals surface area contributed by atoms with Gasteiger partial charge in [-0.3, -0.25) is 4.98 Å². The van der Waals surface area contributed by atoms with Crippen molar-refractivity contribution in [2.45, 2.75) is 5.41 Å². The Bertz CT molecular complexity index is 2480. The highest BCUT2D eigenvalue weighted by atomic mass is 16.5. The van der Waals surface area contributed by atoms with E-state index >= 15 is 0 Å². The molecule has 0 radical (unpaired) electrons. The first kappa shape index (κ1) is 28.4. The highest BCUT2D eigenvalue weighted by Gasteiger charge is 2.50. The summed E-state index contributed by atoms with van der Waals surface area (Å²) in [5, 5.41) is 0. The Labute approximate surface area is 290 Å². The Kier molecular flexibility index (Phi) is 6.36. The Hall–Kier alpha value is -6.65. The standard InChI is InChI=1S/C46H29N3O/c1-2-13-30(14-3-1)45-48-41(29-42(49-45)40-22-10-11-26-47-40)33-16-12-15-31(27-33)32-24-25-44-39(28-32)46(38-21-8-9-23-43(38)50-44)36-19-6-4-17-34(36)35-18-5-7-20-37(35)46/h1-29H. The number of rotatable bonds is 4. The third-order valence-corrected chi connectivity index (χ3v) is 10.0. The van der Waals surface area contributed by atoms with E-state index in [9.17, 15) is 0 Å². The maximum absolute atomic E-state index is 6.67. The fraction of sp³-hybridized carbons (Fsp3) is 0.0217. The first-order valence-electron chi connectivity index (χ1n) is 16.9. The average molecular weight is 640 g/mol. The Morgan fingerprint density at radius 2 is 1.00 bits per heavy atom. The predicted octanol–water partition coefficient (Wildman–Crippen LogP) is 11.0. The zero-order valence-electron chi connectivity index (χ0n) is 27.0. The molecule has 0 atom stereocenters. The van der Waals surface area contributed by atoms with Crippen LogP contribution in [0.15, 0.2) is 176 Å². The van der Waals surface area contributed by atoms with Crippen molar-refractivity contribution in [3.63, 3.8) is 0 Å². The molecule has 4 heteroatoms. The smallest absolute Gasteiger partial charge is 0.160 e. The third-order valence-electron chi connectivity index (χ3n) is 10.0. The second kappa shape index (κ2) is 11.2. The average Bonchev–Trinajstić information content (AvgIpc) is 3.49. The number of nitrogens with zero attached hydrogens (tertiary/aromatic N) is 3. The molecule has 234 valence electrons. The van der Waals surface area contributed by atoms with Crippen molar-refractivity contribution in [1.82, 2.24) is 15.0 Å². The third kappa shape index (κ3) is 4.28. The molecule has 3 heterocycles. The summed E-state index contributed by atoms with van der Waals surface area (Å²) < 4.78 is 6.67. The van der Waals surface area contributed by atoms with Crippen molar-refractivity contribution in [2.24, 2.45) is 0 Å². The number of fused-ring (bicyclic) bond motifs is 9. The van der Waals surface area contributed by atoms with Gasteiger partial charge in [-0.15, -0.1) is 0 Å². The van der Waals surface area contributed by atoms with Crippen molar-refractivity contribution >= 4 is 0 Å². The second-order valence-electron chi connectivity index (χ2n) is 12.8. The van der Waals surface area contributed by atoms with E-state index in [0.29, 0.717) is 5.82 Å². The molecule has 1 aliphatic heterocycles. The van der Waals surface area contributed by atoms with Gasteiger partial charge in [0.25, 0.3) is 0 Å². The zero-order valence-corrected chi connectivity index (χ0v) is 27.0. The van der Waals surface area contributed by atoms with Gasteiger partial charge in [-0.05, 0) is 75.8 Å². The number of hydrogen-bond acceptors (Lipinski definition) is 4. The number of ether oxygens (including phenoxy) is 1. The molecule has 6 aromatic carbocycles. The van der Waals surface area contributed by atoms with Gasteiger partial charge in [-0.1, -0.05) is 127 Å². The van der Waals surface area contributed by atoms with Crippen LogP contribution in [-0.4, -0.2) is 15.0 Å². The fourth-order valence-corrected chi connectivity index (χ4v) is 7.85. The van der Waals surface area contributed by atoms with Gasteiger partial charge in [0, 0.05) is 28.5 Å². The molecule has 0 bridgehead atoms. The fourth-order valence-electron chi connectivity index (χ4n) is 7.85. The molecule has 10 rings (SSSR count). The molecule has 2 aromatic heterocycles. The molecule has 0 saturated heterocycles. The van der Waals surface area contributed by atoms with Crippen molar-refractivity contribution in [3.05, 3.63) is 198 Å². The highest BCUT2D eigenvalue weighted by molar-refractivity contribution is 5.89. The van der Waals surface area contributed by atoms with Gasteiger partial charge in [0.2, 0.25) is 0 Å². The maximum atomic E-state index is 6.67. The van der Waals surface area contributed by atoms with E-state index in [1.54, 1.807) is 6.20 Å². The largest absolute Gasteiger partial charge is 0.457 e. The Morgan fingerprint density at radius 3 is 1.78 bits per heavy atom. The number of aromatic nitrogens is 3. The lowest BCUT2D eigenvalue weighted by atomic mass is 9.66. The van der Waals surface area contributed by atoms with E-state index in [-0.39, 0.29) is 0 Å². The first-order valence-corrected chi connectivity index (χ1v) is 16.9. The van der Waals surface area contributed by atoms with Crippen molar-refractivity contribution in [3.8, 4) is 67.8 Å². The summed E-state index contributed by atoms with van der Waals surface area (Å²) in [5.74, 6) is 2.43. The van der Waals surface area contributed by atoms with Crippen LogP contribution in [-0.2, 0) is 5.41 Å². The molecule has 0 N–H and O–H groups in total. The van der Waals surface area contributed by atoms with Crippen LogP contribution in [0.1, 0.15) is 22.3 Å². The topological polar surface area (TPSA) is 47.9 Å². The van der Waals surface area contributed by atoms with Crippen LogP contribution >= 0.6 is 0 Å². The van der Waals surface area contributed by atoms with Crippen LogP contribution in [0.2, 0.25) is 0 Å². The van der Waals surface area contributed by atoms with Crippen molar-refractivity contribution in [1.29, 1.82) is 0 Å². The lowest BCUT2D eigenvalue weighted by Crippen LogP contribution is -2.32. The summed E-state index contributed by atoms with van der Waals surface area (Å²) in [5.41, 5.74) is 13.5. The van der Waals surface area contributed by atoms with Gasteiger partial charge >= 0.3 is 0 Å². The summed E-state index contributed by atoms with van der Waals surface area (Å²) in [4.78, 5) is 14.6. The first-order chi connectivity index (χ1) is 24.8. The summed E-state index contributed by atoms with van der Waals surface area (Å²) in [6, 6.07) is 59.4. The molecule has 2 aliphatic rings. The molecule has 0 fully saturated rings. The van der Waals surface area contributed by atoms with Crippen LogP contribution in [0.5, 0.6) is 11.5 Å². The monoisotopic (exact) mass is 639 g/mol. The van der Waals surface area contributed by atoms with Gasteiger partial charge in [0.05, 0.1) is 22.5 Å². The molecule has 1 spiro atoms. The molecule has 50 heavy (non-hydrogen) atoms. The minimum absolute atomic E-state index is 0.514. The van der Waals surface area contributed by atoms with E-state index < -0.39 is 5.41 Å². The predicted molar refractivity (Wildman–Crippen MR) is 199 cm³/mol. The number of hydrogen-bond donors (Lipinski definition) is 0. The molecule has 1 aliphatic carbocycles. The molecule has 8 aromatic rings.